The third-order valence-electron chi connectivity index (χ3n) is 2.17. The number of rotatable bonds is 6. The fourth-order valence-electron chi connectivity index (χ4n) is 1.40. The van der Waals surface area contributed by atoms with E-state index in [-0.39, 0.29) is 0 Å². The van der Waals surface area contributed by atoms with Crippen molar-refractivity contribution in [3.8, 4) is 0 Å². The van der Waals surface area contributed by atoms with Crippen LogP contribution in [0.5, 0.6) is 0 Å². The Morgan fingerprint density at radius 3 is 2.84 bits per heavy atom. The van der Waals surface area contributed by atoms with Crippen LogP contribution < -0.4 is 5.32 Å². The molecule has 2 aromatic rings. The van der Waals surface area contributed by atoms with Crippen LogP contribution in [0.1, 0.15) is 24.5 Å². The molecule has 0 aromatic carbocycles. The zero-order chi connectivity index (χ0) is 13.7. The van der Waals surface area contributed by atoms with Crippen LogP contribution >= 0.6 is 11.6 Å². The Morgan fingerprint density at radius 2 is 2.16 bits per heavy atom. The standard InChI is InChI=1S/C11H14ClN5O2/c1-3-18-6-11-15-8(12)4-9(16-11)13-5-10-14-7(2)19-17-10/h4H,3,5-6H2,1-2H3,(H,13,15,16). The molecular weight excluding hydrogens is 270 g/mol. The highest BCUT2D eigenvalue weighted by Gasteiger charge is 2.06. The van der Waals surface area contributed by atoms with Crippen molar-refractivity contribution in [3.05, 3.63) is 28.8 Å². The molecule has 2 heterocycles. The summed E-state index contributed by atoms with van der Waals surface area (Å²) in [5, 5.41) is 7.19. The Hall–Kier alpha value is -1.73. The van der Waals surface area contributed by atoms with E-state index in [2.05, 4.69) is 25.4 Å². The molecule has 0 saturated heterocycles. The number of nitrogens with one attached hydrogen (secondary N) is 1. The van der Waals surface area contributed by atoms with E-state index in [1.807, 2.05) is 6.92 Å². The summed E-state index contributed by atoms with van der Waals surface area (Å²) in [6, 6.07) is 1.63. The maximum atomic E-state index is 5.92. The smallest absolute Gasteiger partial charge is 0.223 e. The van der Waals surface area contributed by atoms with E-state index < -0.39 is 0 Å². The third-order valence-corrected chi connectivity index (χ3v) is 2.37. The topological polar surface area (TPSA) is 86.0 Å². The summed E-state index contributed by atoms with van der Waals surface area (Å²) in [4.78, 5) is 12.4. The number of ether oxygens (including phenoxy) is 1. The van der Waals surface area contributed by atoms with E-state index >= 15 is 0 Å². The molecular formula is C11H14ClN5O2. The van der Waals surface area contributed by atoms with Gasteiger partial charge in [-0.05, 0) is 6.92 Å². The van der Waals surface area contributed by atoms with Crippen LogP contribution in [0.25, 0.3) is 0 Å². The lowest BCUT2D eigenvalue weighted by Gasteiger charge is -2.06. The fourth-order valence-corrected chi connectivity index (χ4v) is 1.60. The highest BCUT2D eigenvalue weighted by atomic mass is 35.5. The van der Waals surface area contributed by atoms with Gasteiger partial charge in [-0.15, -0.1) is 0 Å². The zero-order valence-electron chi connectivity index (χ0n) is 10.7. The summed E-state index contributed by atoms with van der Waals surface area (Å²) in [5.41, 5.74) is 0. The van der Waals surface area contributed by atoms with Crippen LogP contribution in [0.3, 0.4) is 0 Å². The highest BCUT2D eigenvalue weighted by molar-refractivity contribution is 6.29. The molecule has 102 valence electrons. The Morgan fingerprint density at radius 1 is 1.32 bits per heavy atom. The molecule has 0 unspecified atom stereocenters. The molecule has 2 aromatic heterocycles. The Labute approximate surface area is 115 Å². The van der Waals surface area contributed by atoms with Crippen molar-refractivity contribution < 1.29 is 9.26 Å². The number of aryl methyl sites for hydroxylation is 1. The third kappa shape index (κ3) is 4.15. The van der Waals surface area contributed by atoms with Crippen molar-refractivity contribution >= 4 is 17.4 Å². The molecule has 0 atom stereocenters. The van der Waals surface area contributed by atoms with Gasteiger partial charge >= 0.3 is 0 Å². The molecule has 7 nitrogen and oxygen atoms in total. The molecule has 8 heteroatoms. The number of hydrogen-bond donors (Lipinski definition) is 1. The van der Waals surface area contributed by atoms with Crippen LogP contribution in [0.15, 0.2) is 10.6 Å². The lowest BCUT2D eigenvalue weighted by molar-refractivity contribution is 0.128. The minimum absolute atomic E-state index is 0.326. The van der Waals surface area contributed by atoms with Crippen LogP contribution in [-0.4, -0.2) is 26.7 Å². The number of aromatic nitrogens is 4. The lowest BCUT2D eigenvalue weighted by Crippen LogP contribution is -2.06. The van der Waals surface area contributed by atoms with Crippen molar-refractivity contribution in [2.24, 2.45) is 0 Å². The molecule has 0 fully saturated rings. The SMILES string of the molecule is CCOCc1nc(Cl)cc(NCc2noc(C)n2)n1. The second kappa shape index (κ2) is 6.44. The van der Waals surface area contributed by atoms with E-state index in [0.717, 1.165) is 0 Å². The molecule has 0 aliphatic heterocycles. The van der Waals surface area contributed by atoms with E-state index in [9.17, 15) is 0 Å². The molecule has 0 spiro atoms. The van der Waals surface area contributed by atoms with Crippen LogP contribution in [-0.2, 0) is 17.9 Å². The van der Waals surface area contributed by atoms with Crippen molar-refractivity contribution in [2.75, 3.05) is 11.9 Å². The van der Waals surface area contributed by atoms with E-state index in [4.69, 9.17) is 20.9 Å². The van der Waals surface area contributed by atoms with Gasteiger partial charge in [0.05, 0.1) is 6.54 Å². The van der Waals surface area contributed by atoms with Gasteiger partial charge in [0.1, 0.15) is 17.6 Å². The van der Waals surface area contributed by atoms with Gasteiger partial charge < -0.3 is 14.6 Å². The normalized spacial score (nSPS) is 10.7. The van der Waals surface area contributed by atoms with Crippen molar-refractivity contribution in [2.45, 2.75) is 27.0 Å². The van der Waals surface area contributed by atoms with Gasteiger partial charge in [0.2, 0.25) is 5.89 Å². The number of hydrogen-bond acceptors (Lipinski definition) is 7. The highest BCUT2D eigenvalue weighted by Crippen LogP contribution is 2.13. The van der Waals surface area contributed by atoms with Crippen molar-refractivity contribution in [1.29, 1.82) is 0 Å². The van der Waals surface area contributed by atoms with Crippen molar-refractivity contribution in [3.63, 3.8) is 0 Å². The first-order valence-electron chi connectivity index (χ1n) is 5.81. The van der Waals surface area contributed by atoms with E-state index in [1.54, 1.807) is 13.0 Å². The summed E-state index contributed by atoms with van der Waals surface area (Å²) in [5.74, 6) is 2.20. The summed E-state index contributed by atoms with van der Waals surface area (Å²) in [6.07, 6.45) is 0. The molecule has 1 N–H and O–H groups in total. The largest absolute Gasteiger partial charge is 0.374 e. The molecule has 2 rings (SSSR count). The average molecular weight is 284 g/mol. The first-order chi connectivity index (χ1) is 9.17. The maximum Gasteiger partial charge on any atom is 0.223 e. The average Bonchev–Trinajstić information content (AvgIpc) is 2.79. The number of anilines is 1. The van der Waals surface area contributed by atoms with Gasteiger partial charge in [0, 0.05) is 19.6 Å². The summed E-state index contributed by atoms with van der Waals surface area (Å²) >= 11 is 5.92. The van der Waals surface area contributed by atoms with E-state index in [0.29, 0.717) is 48.3 Å². The summed E-state index contributed by atoms with van der Waals surface area (Å²) in [6.45, 7) is 4.97. The van der Waals surface area contributed by atoms with Gasteiger partial charge in [-0.25, -0.2) is 9.97 Å². The predicted molar refractivity (Wildman–Crippen MR) is 68.7 cm³/mol. The Bertz CT molecular complexity index is 546. The van der Waals surface area contributed by atoms with Gasteiger partial charge in [-0.3, -0.25) is 0 Å². The van der Waals surface area contributed by atoms with Gasteiger partial charge in [0.15, 0.2) is 11.6 Å². The maximum absolute atomic E-state index is 5.92. The molecule has 0 aliphatic rings. The lowest BCUT2D eigenvalue weighted by atomic mass is 10.5. The van der Waals surface area contributed by atoms with E-state index in [1.165, 1.54) is 0 Å². The molecule has 0 aliphatic carbocycles. The molecule has 19 heavy (non-hydrogen) atoms. The van der Waals surface area contributed by atoms with Gasteiger partial charge in [-0.1, -0.05) is 16.8 Å². The van der Waals surface area contributed by atoms with Gasteiger partial charge in [0.25, 0.3) is 0 Å². The van der Waals surface area contributed by atoms with Crippen LogP contribution in [0, 0.1) is 6.92 Å². The summed E-state index contributed by atoms with van der Waals surface area (Å²) < 4.78 is 10.1. The quantitative estimate of drug-likeness (QED) is 0.811. The first kappa shape index (κ1) is 13.7. The Balaban J connectivity index is 2.01. The second-order valence-electron chi connectivity index (χ2n) is 3.71. The molecule has 0 radical (unpaired) electrons. The van der Waals surface area contributed by atoms with Crippen LogP contribution in [0.4, 0.5) is 5.82 Å². The second-order valence-corrected chi connectivity index (χ2v) is 4.10. The molecule has 0 amide bonds. The number of halogens is 1. The number of nitrogens with zero attached hydrogens (tertiary/aromatic N) is 4. The van der Waals surface area contributed by atoms with Crippen molar-refractivity contribution in [1.82, 2.24) is 20.1 Å². The fraction of sp³-hybridized carbons (Fsp3) is 0.455. The van der Waals surface area contributed by atoms with Crippen LogP contribution in [0.2, 0.25) is 5.15 Å². The summed E-state index contributed by atoms with van der Waals surface area (Å²) in [7, 11) is 0. The molecule has 0 bridgehead atoms. The monoisotopic (exact) mass is 283 g/mol. The first-order valence-corrected chi connectivity index (χ1v) is 6.19. The van der Waals surface area contributed by atoms with Gasteiger partial charge in [-0.2, -0.15) is 4.98 Å². The Kier molecular flexibility index (Phi) is 4.64. The predicted octanol–water partition coefficient (Wildman–Crippen LogP) is 1.97. The minimum atomic E-state index is 0.326. The zero-order valence-corrected chi connectivity index (χ0v) is 11.4. The molecule has 0 saturated carbocycles. The minimum Gasteiger partial charge on any atom is -0.374 e.